The lowest BCUT2D eigenvalue weighted by molar-refractivity contribution is -0.140. The van der Waals surface area contributed by atoms with Crippen LogP contribution in [0.3, 0.4) is 0 Å². The van der Waals surface area contributed by atoms with Crippen LogP contribution in [0.4, 0.5) is 0 Å². The van der Waals surface area contributed by atoms with Gasteiger partial charge in [-0.3, -0.25) is 19.4 Å². The molecule has 0 radical (unpaired) electrons. The minimum absolute atomic E-state index is 0.0108. The fourth-order valence-electron chi connectivity index (χ4n) is 2.54. The fraction of sp³-hybridized carbons (Fsp3) is 0.524. The molecule has 0 bridgehead atoms. The van der Waals surface area contributed by atoms with E-state index < -0.39 is 5.97 Å². The van der Waals surface area contributed by atoms with Crippen LogP contribution in [0.15, 0.2) is 12.1 Å². The number of H-pyrrole nitrogens is 1. The SMILES string of the molecule is CCOC(=O)c1cc(C)[nH]n1.CCOC(=O)c1cc(C)nn1CC(=O)CCCC(=O)OC. The number of Topliss-reactive ketones (excluding diaryl/α,β-unsaturated/α-hetero) is 1. The minimum Gasteiger partial charge on any atom is -0.469 e. The van der Waals surface area contributed by atoms with E-state index in [1.165, 1.54) is 11.8 Å². The van der Waals surface area contributed by atoms with Gasteiger partial charge in [-0.25, -0.2) is 9.59 Å². The topological polar surface area (TPSA) is 142 Å². The Morgan fingerprint density at radius 2 is 1.66 bits per heavy atom. The molecule has 1 N–H and O–H groups in total. The van der Waals surface area contributed by atoms with Crippen molar-refractivity contribution in [3.63, 3.8) is 0 Å². The molecule has 0 atom stereocenters. The van der Waals surface area contributed by atoms with Crippen LogP contribution < -0.4 is 0 Å². The van der Waals surface area contributed by atoms with Crippen LogP contribution in [-0.2, 0) is 30.3 Å². The average Bonchev–Trinajstić information content (AvgIpc) is 3.34. The van der Waals surface area contributed by atoms with Gasteiger partial charge in [0.15, 0.2) is 11.5 Å². The Hall–Kier alpha value is -3.50. The Labute approximate surface area is 186 Å². The van der Waals surface area contributed by atoms with Crippen molar-refractivity contribution in [3.8, 4) is 0 Å². The molecule has 0 aromatic carbocycles. The first-order chi connectivity index (χ1) is 15.2. The normalized spacial score (nSPS) is 10.0. The second-order valence-electron chi connectivity index (χ2n) is 6.67. The van der Waals surface area contributed by atoms with Crippen molar-refractivity contribution in [2.45, 2.75) is 53.5 Å². The number of rotatable bonds is 10. The lowest BCUT2D eigenvalue weighted by Crippen LogP contribution is -2.18. The molecule has 0 aliphatic rings. The molecular weight excluding hydrogens is 420 g/mol. The number of hydrogen-bond acceptors (Lipinski definition) is 9. The van der Waals surface area contributed by atoms with Crippen LogP contribution in [0.1, 0.15) is 65.5 Å². The van der Waals surface area contributed by atoms with Crippen molar-refractivity contribution in [2.24, 2.45) is 0 Å². The number of nitrogens with zero attached hydrogens (tertiary/aromatic N) is 3. The number of hydrogen-bond donors (Lipinski definition) is 1. The summed E-state index contributed by atoms with van der Waals surface area (Å²) in [5, 5.41) is 10.5. The summed E-state index contributed by atoms with van der Waals surface area (Å²) in [7, 11) is 1.31. The zero-order valence-corrected chi connectivity index (χ0v) is 19.1. The summed E-state index contributed by atoms with van der Waals surface area (Å²) in [4.78, 5) is 45.5. The number of aromatic amines is 1. The van der Waals surface area contributed by atoms with Gasteiger partial charge in [0, 0.05) is 18.5 Å². The molecule has 0 aliphatic carbocycles. The van der Waals surface area contributed by atoms with Crippen molar-refractivity contribution >= 4 is 23.7 Å². The zero-order chi connectivity index (χ0) is 24.1. The Balaban J connectivity index is 0.000000389. The molecule has 2 aromatic heterocycles. The first kappa shape index (κ1) is 26.5. The number of aryl methyl sites for hydroxylation is 2. The Kier molecular flexibility index (Phi) is 11.4. The van der Waals surface area contributed by atoms with Gasteiger partial charge in [-0.15, -0.1) is 0 Å². The Bertz CT molecular complexity index is 917. The molecule has 2 aromatic rings. The van der Waals surface area contributed by atoms with E-state index in [0.29, 0.717) is 24.4 Å². The molecule has 0 unspecified atom stereocenters. The van der Waals surface area contributed by atoms with Gasteiger partial charge in [0.05, 0.1) is 26.0 Å². The van der Waals surface area contributed by atoms with Crippen molar-refractivity contribution < 1.29 is 33.4 Å². The number of nitrogens with one attached hydrogen (secondary N) is 1. The molecule has 0 aliphatic heterocycles. The largest absolute Gasteiger partial charge is 0.469 e. The van der Waals surface area contributed by atoms with Gasteiger partial charge in [0.25, 0.3) is 0 Å². The highest BCUT2D eigenvalue weighted by Gasteiger charge is 2.17. The maximum atomic E-state index is 11.9. The molecule has 11 heteroatoms. The second kappa shape index (κ2) is 13.7. The van der Waals surface area contributed by atoms with E-state index in [9.17, 15) is 19.2 Å². The fourth-order valence-corrected chi connectivity index (χ4v) is 2.54. The molecule has 176 valence electrons. The van der Waals surface area contributed by atoms with Crippen LogP contribution in [0.25, 0.3) is 0 Å². The molecule has 0 amide bonds. The van der Waals surface area contributed by atoms with Crippen LogP contribution >= 0.6 is 0 Å². The average molecular weight is 450 g/mol. The quantitative estimate of drug-likeness (QED) is 0.425. The number of ketones is 1. The molecule has 0 saturated heterocycles. The molecule has 32 heavy (non-hydrogen) atoms. The minimum atomic E-state index is -0.500. The highest BCUT2D eigenvalue weighted by molar-refractivity contribution is 5.89. The highest BCUT2D eigenvalue weighted by Crippen LogP contribution is 2.08. The monoisotopic (exact) mass is 450 g/mol. The Morgan fingerprint density at radius 3 is 2.22 bits per heavy atom. The number of esters is 3. The summed E-state index contributed by atoms with van der Waals surface area (Å²) >= 11 is 0. The molecule has 11 nitrogen and oxygen atoms in total. The van der Waals surface area contributed by atoms with Crippen LogP contribution in [-0.4, -0.2) is 64.0 Å². The van der Waals surface area contributed by atoms with Crippen molar-refractivity contribution in [2.75, 3.05) is 20.3 Å². The van der Waals surface area contributed by atoms with Crippen molar-refractivity contribution in [1.82, 2.24) is 20.0 Å². The first-order valence-corrected chi connectivity index (χ1v) is 10.2. The summed E-state index contributed by atoms with van der Waals surface area (Å²) < 4.78 is 15.5. The lowest BCUT2D eigenvalue weighted by Gasteiger charge is -2.06. The maximum absolute atomic E-state index is 11.9. The van der Waals surface area contributed by atoms with E-state index in [-0.39, 0.29) is 49.4 Å². The third-order valence-corrected chi connectivity index (χ3v) is 3.97. The summed E-state index contributed by atoms with van der Waals surface area (Å²) in [6.07, 6.45) is 0.849. The van der Waals surface area contributed by atoms with Gasteiger partial charge in [-0.05, 0) is 46.2 Å². The lowest BCUT2D eigenvalue weighted by atomic mass is 10.2. The van der Waals surface area contributed by atoms with Gasteiger partial charge < -0.3 is 14.2 Å². The summed E-state index contributed by atoms with van der Waals surface area (Å²) in [5.41, 5.74) is 2.09. The predicted octanol–water partition coefficient (Wildman–Crippen LogP) is 2.18. The van der Waals surface area contributed by atoms with Crippen molar-refractivity contribution in [1.29, 1.82) is 0 Å². The second-order valence-corrected chi connectivity index (χ2v) is 6.67. The standard InChI is InChI=1S/C14H20N2O5.C7H10N2O2/c1-4-21-14(19)12-8-10(2)15-16(12)9-11(17)6-5-7-13(18)20-3;1-3-11-7(10)6-4-5(2)8-9-6/h8H,4-7,9H2,1-3H3;4H,3H2,1-2H3,(H,8,9). The maximum Gasteiger partial charge on any atom is 0.358 e. The molecule has 0 fully saturated rings. The molecule has 0 saturated carbocycles. The van der Waals surface area contributed by atoms with E-state index in [0.717, 1.165) is 5.69 Å². The van der Waals surface area contributed by atoms with Crippen molar-refractivity contribution in [3.05, 3.63) is 34.9 Å². The molecule has 2 heterocycles. The van der Waals surface area contributed by atoms with Gasteiger partial charge in [0.2, 0.25) is 0 Å². The molecule has 0 spiro atoms. The van der Waals surface area contributed by atoms with Gasteiger partial charge >= 0.3 is 17.9 Å². The van der Waals surface area contributed by atoms with Crippen LogP contribution in [0.2, 0.25) is 0 Å². The van der Waals surface area contributed by atoms with Crippen LogP contribution in [0.5, 0.6) is 0 Å². The zero-order valence-electron chi connectivity index (χ0n) is 19.1. The summed E-state index contributed by atoms with van der Waals surface area (Å²) in [6, 6.07) is 3.23. The summed E-state index contributed by atoms with van der Waals surface area (Å²) in [6.45, 7) is 7.67. The van der Waals surface area contributed by atoms with E-state index in [4.69, 9.17) is 9.47 Å². The molecule has 2 rings (SSSR count). The Morgan fingerprint density at radius 1 is 1.00 bits per heavy atom. The predicted molar refractivity (Wildman–Crippen MR) is 113 cm³/mol. The first-order valence-electron chi connectivity index (χ1n) is 10.2. The molecular formula is C21H30N4O7. The number of ether oxygens (including phenoxy) is 3. The van der Waals surface area contributed by atoms with Gasteiger partial charge in [-0.1, -0.05) is 0 Å². The summed E-state index contributed by atoms with van der Waals surface area (Å²) in [5.74, 6) is -1.32. The highest BCUT2D eigenvalue weighted by atomic mass is 16.5. The van der Waals surface area contributed by atoms with Gasteiger partial charge in [0.1, 0.15) is 12.2 Å². The third kappa shape index (κ3) is 9.11. The van der Waals surface area contributed by atoms with E-state index in [1.807, 2.05) is 6.92 Å². The number of methoxy groups -OCH3 is 1. The van der Waals surface area contributed by atoms with E-state index in [2.05, 4.69) is 20.0 Å². The number of aromatic nitrogens is 4. The van der Waals surface area contributed by atoms with Gasteiger partial charge in [-0.2, -0.15) is 10.2 Å². The number of carbonyl (C=O) groups excluding carboxylic acids is 4. The van der Waals surface area contributed by atoms with Crippen LogP contribution in [0, 0.1) is 13.8 Å². The number of carbonyl (C=O) groups is 4. The van der Waals surface area contributed by atoms with E-state index in [1.54, 1.807) is 32.9 Å². The van der Waals surface area contributed by atoms with E-state index >= 15 is 0 Å². The third-order valence-electron chi connectivity index (χ3n) is 3.97. The smallest absolute Gasteiger partial charge is 0.358 e.